The lowest BCUT2D eigenvalue weighted by Crippen LogP contribution is -2.30. The van der Waals surface area contributed by atoms with Crippen LogP contribution in [0.25, 0.3) is 11.4 Å². The van der Waals surface area contributed by atoms with E-state index < -0.39 is 0 Å². The number of hydrogen-bond acceptors (Lipinski definition) is 4. The van der Waals surface area contributed by atoms with Crippen molar-refractivity contribution in [1.29, 1.82) is 0 Å². The minimum atomic E-state index is 0.0704. The predicted octanol–water partition coefficient (Wildman–Crippen LogP) is 2.84. The van der Waals surface area contributed by atoms with Gasteiger partial charge in [0.25, 0.3) is 5.91 Å². The molecule has 1 amide bonds. The van der Waals surface area contributed by atoms with Crippen molar-refractivity contribution in [3.8, 4) is 11.4 Å². The molecule has 6 heteroatoms. The maximum atomic E-state index is 12.9. The van der Waals surface area contributed by atoms with Gasteiger partial charge >= 0.3 is 0 Å². The third-order valence-corrected chi connectivity index (χ3v) is 4.43. The number of amides is 1. The lowest BCUT2D eigenvalue weighted by atomic mass is 10.0. The Morgan fingerprint density at radius 3 is 2.58 bits per heavy atom. The first kappa shape index (κ1) is 14.6. The molecule has 0 bridgehead atoms. The van der Waals surface area contributed by atoms with Crippen LogP contribution in [0, 0.1) is 0 Å². The average molecular weight is 319 g/mol. The standard InChI is InChI=1S/C18H17N5O/c24-18(15-10-8-14(9-11-15)17-19-21-22-20-17)23-12-4-7-16(23)13-5-2-1-3-6-13/h1-3,5-6,8-11,16H,4,7,12H2,(H,19,20,21,22)/t16-/m0/s1. The van der Waals surface area contributed by atoms with Crippen molar-refractivity contribution in [3.63, 3.8) is 0 Å². The van der Waals surface area contributed by atoms with Gasteiger partial charge < -0.3 is 4.90 Å². The van der Waals surface area contributed by atoms with Gasteiger partial charge in [0.15, 0.2) is 0 Å². The van der Waals surface area contributed by atoms with Gasteiger partial charge in [-0.25, -0.2) is 0 Å². The van der Waals surface area contributed by atoms with Crippen LogP contribution in [-0.4, -0.2) is 38.0 Å². The zero-order valence-electron chi connectivity index (χ0n) is 13.1. The number of carbonyl (C=O) groups excluding carboxylic acids is 1. The molecule has 0 unspecified atom stereocenters. The van der Waals surface area contributed by atoms with Crippen LogP contribution >= 0.6 is 0 Å². The lowest BCUT2D eigenvalue weighted by molar-refractivity contribution is 0.0735. The van der Waals surface area contributed by atoms with Crippen LogP contribution in [0.15, 0.2) is 54.6 Å². The van der Waals surface area contributed by atoms with E-state index in [1.54, 1.807) is 0 Å². The Bertz CT molecular complexity index is 814. The summed E-state index contributed by atoms with van der Waals surface area (Å²) < 4.78 is 0. The van der Waals surface area contributed by atoms with Crippen LogP contribution in [0.1, 0.15) is 34.8 Å². The zero-order chi connectivity index (χ0) is 16.4. The molecule has 0 radical (unpaired) electrons. The second-order valence-electron chi connectivity index (χ2n) is 5.88. The van der Waals surface area contributed by atoms with Crippen LogP contribution in [0.2, 0.25) is 0 Å². The number of carbonyl (C=O) groups is 1. The summed E-state index contributed by atoms with van der Waals surface area (Å²) in [6, 6.07) is 17.8. The molecule has 1 fully saturated rings. The number of rotatable bonds is 3. The molecule has 0 spiro atoms. The number of nitrogens with one attached hydrogen (secondary N) is 1. The Balaban J connectivity index is 1.56. The summed E-state index contributed by atoms with van der Waals surface area (Å²) in [5, 5.41) is 13.9. The Hall–Kier alpha value is -3.02. The number of likely N-dealkylation sites (tertiary alicyclic amines) is 1. The van der Waals surface area contributed by atoms with Gasteiger partial charge in [-0.3, -0.25) is 4.79 Å². The minimum Gasteiger partial charge on any atom is -0.332 e. The van der Waals surface area contributed by atoms with Gasteiger partial charge in [-0.1, -0.05) is 42.5 Å². The number of nitrogens with zero attached hydrogens (tertiary/aromatic N) is 4. The number of tetrazole rings is 1. The van der Waals surface area contributed by atoms with Gasteiger partial charge in [-0.2, -0.15) is 5.21 Å². The van der Waals surface area contributed by atoms with Crippen molar-refractivity contribution < 1.29 is 4.79 Å². The van der Waals surface area contributed by atoms with E-state index in [9.17, 15) is 4.79 Å². The Labute approximate surface area is 139 Å². The maximum Gasteiger partial charge on any atom is 0.254 e. The molecule has 120 valence electrons. The molecule has 0 saturated carbocycles. The van der Waals surface area contributed by atoms with E-state index >= 15 is 0 Å². The fraction of sp³-hybridized carbons (Fsp3) is 0.222. The molecule has 1 atom stereocenters. The smallest absolute Gasteiger partial charge is 0.254 e. The topological polar surface area (TPSA) is 74.8 Å². The van der Waals surface area contributed by atoms with Crippen molar-refractivity contribution in [2.75, 3.05) is 6.54 Å². The maximum absolute atomic E-state index is 12.9. The molecule has 2 aromatic carbocycles. The molecular formula is C18H17N5O. The monoisotopic (exact) mass is 319 g/mol. The molecule has 1 aromatic heterocycles. The highest BCUT2D eigenvalue weighted by molar-refractivity contribution is 5.95. The van der Waals surface area contributed by atoms with Gasteiger partial charge in [0.1, 0.15) is 0 Å². The van der Waals surface area contributed by atoms with Gasteiger partial charge in [-0.15, -0.1) is 10.2 Å². The lowest BCUT2D eigenvalue weighted by Gasteiger charge is -2.25. The van der Waals surface area contributed by atoms with E-state index in [4.69, 9.17) is 0 Å². The molecule has 3 aromatic rings. The molecule has 1 aliphatic heterocycles. The third-order valence-electron chi connectivity index (χ3n) is 4.43. The average Bonchev–Trinajstić information content (AvgIpc) is 3.34. The minimum absolute atomic E-state index is 0.0704. The molecule has 24 heavy (non-hydrogen) atoms. The van der Waals surface area contributed by atoms with Gasteiger partial charge in [0.2, 0.25) is 5.82 Å². The summed E-state index contributed by atoms with van der Waals surface area (Å²) >= 11 is 0. The SMILES string of the molecule is O=C(c1ccc(-c2nn[nH]n2)cc1)N1CCC[C@H]1c1ccccc1. The second-order valence-corrected chi connectivity index (χ2v) is 5.88. The Morgan fingerprint density at radius 2 is 1.88 bits per heavy atom. The zero-order valence-corrected chi connectivity index (χ0v) is 13.1. The Kier molecular flexibility index (Phi) is 3.78. The van der Waals surface area contributed by atoms with E-state index in [1.807, 2.05) is 47.4 Å². The highest BCUT2D eigenvalue weighted by Gasteiger charge is 2.30. The molecule has 1 aliphatic rings. The van der Waals surface area contributed by atoms with E-state index in [-0.39, 0.29) is 11.9 Å². The molecule has 0 aliphatic carbocycles. The summed E-state index contributed by atoms with van der Waals surface area (Å²) in [6.07, 6.45) is 2.04. The van der Waals surface area contributed by atoms with Crippen LogP contribution < -0.4 is 0 Å². The second kappa shape index (κ2) is 6.23. The summed E-state index contributed by atoms with van der Waals surface area (Å²) in [5.74, 6) is 0.596. The van der Waals surface area contributed by atoms with Crippen molar-refractivity contribution >= 4 is 5.91 Å². The summed E-state index contributed by atoms with van der Waals surface area (Å²) in [5.41, 5.74) is 2.72. The highest BCUT2D eigenvalue weighted by Crippen LogP contribution is 2.33. The normalized spacial score (nSPS) is 17.2. The summed E-state index contributed by atoms with van der Waals surface area (Å²) in [7, 11) is 0. The van der Waals surface area contributed by atoms with Crippen molar-refractivity contribution in [2.45, 2.75) is 18.9 Å². The fourth-order valence-electron chi connectivity index (χ4n) is 3.24. The molecular weight excluding hydrogens is 302 g/mol. The first-order valence-electron chi connectivity index (χ1n) is 8.03. The third kappa shape index (κ3) is 2.67. The molecule has 4 rings (SSSR count). The van der Waals surface area contributed by atoms with E-state index in [2.05, 4.69) is 32.8 Å². The molecule has 2 heterocycles. The number of benzene rings is 2. The number of aromatic nitrogens is 4. The van der Waals surface area contributed by atoms with Gasteiger partial charge in [-0.05, 0) is 35.8 Å². The van der Waals surface area contributed by atoms with Gasteiger partial charge in [0.05, 0.1) is 6.04 Å². The first-order chi connectivity index (χ1) is 11.8. The first-order valence-corrected chi connectivity index (χ1v) is 8.03. The van der Waals surface area contributed by atoms with Crippen molar-refractivity contribution in [1.82, 2.24) is 25.5 Å². The summed E-state index contributed by atoms with van der Waals surface area (Å²) in [4.78, 5) is 14.9. The van der Waals surface area contributed by atoms with E-state index in [1.165, 1.54) is 5.56 Å². The predicted molar refractivity (Wildman–Crippen MR) is 89.1 cm³/mol. The van der Waals surface area contributed by atoms with E-state index in [0.29, 0.717) is 11.4 Å². The van der Waals surface area contributed by atoms with Crippen LogP contribution in [-0.2, 0) is 0 Å². The molecule has 6 nitrogen and oxygen atoms in total. The number of hydrogen-bond donors (Lipinski definition) is 1. The van der Waals surface area contributed by atoms with Crippen molar-refractivity contribution in [2.24, 2.45) is 0 Å². The van der Waals surface area contributed by atoms with Gasteiger partial charge in [0, 0.05) is 17.7 Å². The molecule has 1 N–H and O–H groups in total. The quantitative estimate of drug-likeness (QED) is 0.805. The van der Waals surface area contributed by atoms with Crippen LogP contribution in [0.4, 0.5) is 0 Å². The Morgan fingerprint density at radius 1 is 1.08 bits per heavy atom. The highest BCUT2D eigenvalue weighted by atomic mass is 16.2. The number of H-pyrrole nitrogens is 1. The van der Waals surface area contributed by atoms with Crippen molar-refractivity contribution in [3.05, 3.63) is 65.7 Å². The fourth-order valence-corrected chi connectivity index (χ4v) is 3.24. The largest absolute Gasteiger partial charge is 0.332 e. The molecule has 1 saturated heterocycles. The van der Waals surface area contributed by atoms with Crippen LogP contribution in [0.5, 0.6) is 0 Å². The van der Waals surface area contributed by atoms with E-state index in [0.717, 1.165) is 24.9 Å². The number of aromatic amines is 1. The summed E-state index contributed by atoms with van der Waals surface area (Å²) in [6.45, 7) is 0.797. The van der Waals surface area contributed by atoms with Crippen LogP contribution in [0.3, 0.4) is 0 Å².